The summed E-state index contributed by atoms with van der Waals surface area (Å²) in [5.74, 6) is 0. The normalized spacial score (nSPS) is 15.3. The van der Waals surface area contributed by atoms with Crippen LogP contribution in [0, 0.1) is 13.8 Å². The van der Waals surface area contributed by atoms with Crippen LogP contribution in [0.5, 0.6) is 0 Å². The Morgan fingerprint density at radius 3 is 2.26 bits per heavy atom. The lowest BCUT2D eigenvalue weighted by Gasteiger charge is -2.25. The SMILES string of the molecule is CCNC(c1cc(C)c(C)cc1Cl)C(C)S(C)(=O)=O. The lowest BCUT2D eigenvalue weighted by molar-refractivity contribution is 0.513. The van der Waals surface area contributed by atoms with Crippen molar-refractivity contribution in [1.29, 1.82) is 0 Å². The molecule has 0 saturated heterocycles. The van der Waals surface area contributed by atoms with Gasteiger partial charge in [-0.15, -0.1) is 0 Å². The number of halogens is 1. The minimum Gasteiger partial charge on any atom is -0.309 e. The fourth-order valence-electron chi connectivity index (χ4n) is 2.04. The molecule has 0 aliphatic rings. The molecule has 19 heavy (non-hydrogen) atoms. The molecule has 3 nitrogen and oxygen atoms in total. The molecule has 1 rings (SSSR count). The maximum Gasteiger partial charge on any atom is 0.151 e. The van der Waals surface area contributed by atoms with E-state index in [-0.39, 0.29) is 6.04 Å². The van der Waals surface area contributed by atoms with Crippen molar-refractivity contribution >= 4 is 21.4 Å². The second-order valence-corrected chi connectivity index (χ2v) is 7.84. The number of benzene rings is 1. The topological polar surface area (TPSA) is 46.2 Å². The van der Waals surface area contributed by atoms with E-state index in [1.54, 1.807) is 6.92 Å². The molecule has 0 amide bonds. The van der Waals surface area contributed by atoms with Crippen molar-refractivity contribution in [2.45, 2.75) is 39.0 Å². The number of nitrogens with one attached hydrogen (secondary N) is 1. The van der Waals surface area contributed by atoms with E-state index in [0.29, 0.717) is 11.6 Å². The van der Waals surface area contributed by atoms with Crippen LogP contribution in [0.1, 0.15) is 36.6 Å². The maximum atomic E-state index is 11.8. The summed E-state index contributed by atoms with van der Waals surface area (Å²) < 4.78 is 23.6. The van der Waals surface area contributed by atoms with E-state index in [0.717, 1.165) is 16.7 Å². The first-order valence-corrected chi connectivity index (χ1v) is 8.70. The van der Waals surface area contributed by atoms with E-state index in [1.807, 2.05) is 32.9 Å². The predicted molar refractivity (Wildman–Crippen MR) is 81.6 cm³/mol. The van der Waals surface area contributed by atoms with Crippen LogP contribution in [0.15, 0.2) is 12.1 Å². The van der Waals surface area contributed by atoms with Gasteiger partial charge in [0.15, 0.2) is 9.84 Å². The van der Waals surface area contributed by atoms with E-state index in [4.69, 9.17) is 11.6 Å². The predicted octanol–water partition coefficient (Wildman–Crippen LogP) is 3.04. The highest BCUT2D eigenvalue weighted by molar-refractivity contribution is 7.91. The van der Waals surface area contributed by atoms with Crippen molar-refractivity contribution in [2.24, 2.45) is 0 Å². The standard InChI is InChI=1S/C14H22ClNO2S/c1-6-16-14(11(4)19(5,17)18)12-7-9(2)10(3)8-13(12)15/h7-8,11,14,16H,6H2,1-5H3. The van der Waals surface area contributed by atoms with Crippen LogP contribution in [0.4, 0.5) is 0 Å². The average molecular weight is 304 g/mol. The lowest BCUT2D eigenvalue weighted by atomic mass is 9.99. The van der Waals surface area contributed by atoms with Crippen molar-refractivity contribution in [3.05, 3.63) is 33.8 Å². The summed E-state index contributed by atoms with van der Waals surface area (Å²) in [5, 5.41) is 3.32. The Hall–Kier alpha value is -0.580. The number of sulfone groups is 1. The van der Waals surface area contributed by atoms with Crippen LogP contribution in [-0.2, 0) is 9.84 Å². The van der Waals surface area contributed by atoms with Crippen molar-refractivity contribution in [3.63, 3.8) is 0 Å². The molecule has 0 fully saturated rings. The molecule has 1 N–H and O–H groups in total. The first-order chi connectivity index (χ1) is 8.68. The third kappa shape index (κ3) is 3.94. The zero-order chi connectivity index (χ0) is 14.8. The minimum atomic E-state index is -3.13. The average Bonchev–Trinajstić information content (AvgIpc) is 2.29. The van der Waals surface area contributed by atoms with Crippen LogP contribution in [0.2, 0.25) is 5.02 Å². The lowest BCUT2D eigenvalue weighted by Crippen LogP contribution is -2.35. The second kappa shape index (κ2) is 6.25. The summed E-state index contributed by atoms with van der Waals surface area (Å²) in [6.07, 6.45) is 1.26. The highest BCUT2D eigenvalue weighted by Gasteiger charge is 2.28. The molecule has 0 saturated carbocycles. The molecule has 0 aromatic heterocycles. The van der Waals surface area contributed by atoms with Crippen LogP contribution >= 0.6 is 11.6 Å². The van der Waals surface area contributed by atoms with Crippen LogP contribution in [-0.4, -0.2) is 26.5 Å². The zero-order valence-corrected chi connectivity index (χ0v) is 13.7. The Bertz CT molecular complexity index is 555. The molecular formula is C14H22ClNO2S. The quantitative estimate of drug-likeness (QED) is 0.909. The van der Waals surface area contributed by atoms with Gasteiger partial charge in [0, 0.05) is 11.3 Å². The number of hydrogen-bond acceptors (Lipinski definition) is 3. The van der Waals surface area contributed by atoms with Gasteiger partial charge in [0.1, 0.15) is 0 Å². The molecule has 5 heteroatoms. The van der Waals surface area contributed by atoms with Crippen molar-refractivity contribution in [1.82, 2.24) is 5.32 Å². The third-order valence-electron chi connectivity index (χ3n) is 3.52. The van der Waals surface area contributed by atoms with Gasteiger partial charge in [0.05, 0.1) is 11.3 Å². The van der Waals surface area contributed by atoms with Gasteiger partial charge < -0.3 is 5.32 Å². The van der Waals surface area contributed by atoms with Gasteiger partial charge in [-0.05, 0) is 50.1 Å². The fraction of sp³-hybridized carbons (Fsp3) is 0.571. The maximum absolute atomic E-state index is 11.8. The number of rotatable bonds is 5. The molecule has 108 valence electrons. The molecular weight excluding hydrogens is 282 g/mol. The molecule has 0 radical (unpaired) electrons. The molecule has 1 aromatic rings. The van der Waals surface area contributed by atoms with Crippen LogP contribution in [0.25, 0.3) is 0 Å². The van der Waals surface area contributed by atoms with Gasteiger partial charge in [0.25, 0.3) is 0 Å². The first kappa shape index (κ1) is 16.5. The third-order valence-corrected chi connectivity index (χ3v) is 5.47. The van der Waals surface area contributed by atoms with Gasteiger partial charge >= 0.3 is 0 Å². The summed E-state index contributed by atoms with van der Waals surface area (Å²) in [7, 11) is -3.13. The summed E-state index contributed by atoms with van der Waals surface area (Å²) in [5.41, 5.74) is 3.07. The number of aryl methyl sites for hydroxylation is 2. The summed E-state index contributed by atoms with van der Waals surface area (Å²) in [4.78, 5) is 0. The Kier molecular flexibility index (Phi) is 5.42. The van der Waals surface area contributed by atoms with Crippen molar-refractivity contribution < 1.29 is 8.42 Å². The Labute approximate surface area is 121 Å². The van der Waals surface area contributed by atoms with Gasteiger partial charge in [-0.2, -0.15) is 0 Å². The zero-order valence-electron chi connectivity index (χ0n) is 12.1. The van der Waals surface area contributed by atoms with E-state index >= 15 is 0 Å². The summed E-state index contributed by atoms with van der Waals surface area (Å²) in [6, 6.07) is 3.59. The van der Waals surface area contributed by atoms with Crippen molar-refractivity contribution in [2.75, 3.05) is 12.8 Å². The van der Waals surface area contributed by atoms with E-state index < -0.39 is 15.1 Å². The molecule has 0 aliphatic carbocycles. The van der Waals surface area contributed by atoms with Crippen LogP contribution < -0.4 is 5.32 Å². The van der Waals surface area contributed by atoms with Gasteiger partial charge in [-0.25, -0.2) is 8.42 Å². The molecule has 0 spiro atoms. The first-order valence-electron chi connectivity index (χ1n) is 6.37. The smallest absolute Gasteiger partial charge is 0.151 e. The second-order valence-electron chi connectivity index (χ2n) is 5.03. The van der Waals surface area contributed by atoms with E-state index in [9.17, 15) is 8.42 Å². The summed E-state index contributed by atoms with van der Waals surface area (Å²) in [6.45, 7) is 8.36. The molecule has 0 aliphatic heterocycles. The number of hydrogen-bond donors (Lipinski definition) is 1. The van der Waals surface area contributed by atoms with E-state index in [1.165, 1.54) is 6.26 Å². The molecule has 0 bridgehead atoms. The van der Waals surface area contributed by atoms with Gasteiger partial charge in [0.2, 0.25) is 0 Å². The largest absolute Gasteiger partial charge is 0.309 e. The molecule has 1 aromatic carbocycles. The summed E-state index contributed by atoms with van der Waals surface area (Å²) >= 11 is 6.29. The molecule has 2 atom stereocenters. The van der Waals surface area contributed by atoms with Crippen LogP contribution in [0.3, 0.4) is 0 Å². The highest BCUT2D eigenvalue weighted by atomic mass is 35.5. The highest BCUT2D eigenvalue weighted by Crippen LogP contribution is 2.30. The minimum absolute atomic E-state index is 0.285. The Morgan fingerprint density at radius 1 is 1.26 bits per heavy atom. The molecule has 2 unspecified atom stereocenters. The Morgan fingerprint density at radius 2 is 1.79 bits per heavy atom. The van der Waals surface area contributed by atoms with E-state index in [2.05, 4.69) is 5.32 Å². The van der Waals surface area contributed by atoms with Gasteiger partial charge in [-0.3, -0.25) is 0 Å². The Balaban J connectivity index is 3.31. The molecule has 0 heterocycles. The monoisotopic (exact) mass is 303 g/mol. The fourth-order valence-corrected chi connectivity index (χ4v) is 3.11. The van der Waals surface area contributed by atoms with Gasteiger partial charge in [-0.1, -0.05) is 24.6 Å². The van der Waals surface area contributed by atoms with Crippen molar-refractivity contribution in [3.8, 4) is 0 Å².